The number of hydrogen-bond donors (Lipinski definition) is 4. The van der Waals surface area contributed by atoms with Crippen LogP contribution >= 0.6 is 11.6 Å². The van der Waals surface area contributed by atoms with Crippen molar-refractivity contribution in [1.82, 2.24) is 35.1 Å². The molecule has 0 spiro atoms. The Bertz CT molecular complexity index is 1510. The van der Waals surface area contributed by atoms with E-state index in [0.29, 0.717) is 34.6 Å². The van der Waals surface area contributed by atoms with Gasteiger partial charge in [0.25, 0.3) is 0 Å². The van der Waals surface area contributed by atoms with Gasteiger partial charge in [0, 0.05) is 59.2 Å². The second-order valence-electron chi connectivity index (χ2n) is 7.66. The van der Waals surface area contributed by atoms with Gasteiger partial charge in [-0.05, 0) is 53.6 Å². The topological polar surface area (TPSA) is 160 Å². The van der Waals surface area contributed by atoms with Crippen LogP contribution in [-0.4, -0.2) is 41.1 Å². The first-order valence-electron chi connectivity index (χ1n) is 10.8. The van der Waals surface area contributed by atoms with Gasteiger partial charge in [0.15, 0.2) is 5.82 Å². The molecular formula is C24H19ClN10O. The number of pyridine rings is 2. The maximum atomic E-state index is 12.6. The normalized spacial score (nSPS) is 10.7. The Morgan fingerprint density at radius 3 is 2.50 bits per heavy atom. The number of urea groups is 1. The zero-order valence-corrected chi connectivity index (χ0v) is 19.4. The summed E-state index contributed by atoms with van der Waals surface area (Å²) in [6, 6.07) is 11.9. The molecule has 0 fully saturated rings. The molecule has 0 saturated carbocycles. The molecule has 5 aromatic rings. The minimum absolute atomic E-state index is 0.186. The average molecular weight is 499 g/mol. The summed E-state index contributed by atoms with van der Waals surface area (Å²) in [4.78, 5) is 33.3. The summed E-state index contributed by atoms with van der Waals surface area (Å²) in [5.74, 6) is 1.75. The van der Waals surface area contributed by atoms with Crippen LogP contribution in [0.25, 0.3) is 22.5 Å². The van der Waals surface area contributed by atoms with Crippen LogP contribution in [0.1, 0.15) is 11.4 Å². The number of nitrogen functional groups attached to an aromatic ring is 1. The van der Waals surface area contributed by atoms with Crippen LogP contribution in [0.15, 0.2) is 73.4 Å². The number of nitrogens with one attached hydrogen (secondary N) is 3. The molecule has 5 N–H and O–H groups in total. The van der Waals surface area contributed by atoms with E-state index >= 15 is 0 Å². The number of nitrogens with zero attached hydrogens (tertiary/aromatic N) is 6. The summed E-state index contributed by atoms with van der Waals surface area (Å²) < 4.78 is 0. The molecular weight excluding hydrogens is 480 g/mol. The molecule has 0 bridgehead atoms. The van der Waals surface area contributed by atoms with Gasteiger partial charge in [-0.1, -0.05) is 11.6 Å². The number of hydrogen-bond acceptors (Lipinski definition) is 8. The van der Waals surface area contributed by atoms with E-state index in [0.717, 1.165) is 22.3 Å². The van der Waals surface area contributed by atoms with Crippen molar-refractivity contribution >= 4 is 35.1 Å². The third kappa shape index (κ3) is 5.42. The maximum Gasteiger partial charge on any atom is 0.324 e. The molecule has 178 valence electrons. The van der Waals surface area contributed by atoms with E-state index in [1.54, 1.807) is 61.3 Å². The summed E-state index contributed by atoms with van der Waals surface area (Å²) in [7, 11) is 0. The van der Waals surface area contributed by atoms with Crippen molar-refractivity contribution in [2.45, 2.75) is 6.42 Å². The highest BCUT2D eigenvalue weighted by Gasteiger charge is 2.11. The number of aromatic amines is 1. The van der Waals surface area contributed by atoms with Gasteiger partial charge in [0.1, 0.15) is 11.6 Å². The van der Waals surface area contributed by atoms with Gasteiger partial charge in [0.05, 0.1) is 0 Å². The van der Waals surface area contributed by atoms with Gasteiger partial charge < -0.3 is 11.1 Å². The molecule has 0 unspecified atom stereocenters. The standard InChI is InChI=1S/C24H19ClN10O/c25-19-2-1-18(9-16(19)11-21-32-22(35-34-21)14-3-6-27-7-4-14)31-24(36)33-20-10-15(5-8-28-20)17-12-29-23(26)30-13-17/h1-10,12-13H,11H2,(H2,26,29,30)(H,32,34,35)(H2,28,31,33,36). The summed E-state index contributed by atoms with van der Waals surface area (Å²) in [6.45, 7) is 0. The third-order valence-corrected chi connectivity index (χ3v) is 5.51. The molecule has 11 nitrogen and oxygen atoms in total. The van der Waals surface area contributed by atoms with Gasteiger partial charge in [-0.3, -0.25) is 15.4 Å². The number of rotatable bonds is 6. The van der Waals surface area contributed by atoms with Crippen LogP contribution in [0.4, 0.5) is 22.2 Å². The molecule has 5 rings (SSSR count). The van der Waals surface area contributed by atoms with E-state index in [2.05, 4.69) is 45.8 Å². The summed E-state index contributed by atoms with van der Waals surface area (Å²) >= 11 is 6.39. The molecule has 0 aliphatic rings. The Kier molecular flexibility index (Phi) is 6.45. The molecule has 0 atom stereocenters. The minimum Gasteiger partial charge on any atom is -0.368 e. The van der Waals surface area contributed by atoms with Gasteiger partial charge in [-0.25, -0.2) is 24.7 Å². The molecule has 12 heteroatoms. The Morgan fingerprint density at radius 1 is 0.917 bits per heavy atom. The van der Waals surface area contributed by atoms with Crippen LogP contribution < -0.4 is 16.4 Å². The number of halogens is 1. The Hall–Kier alpha value is -4.90. The first-order valence-corrected chi connectivity index (χ1v) is 11.1. The number of amides is 2. The zero-order valence-electron chi connectivity index (χ0n) is 18.7. The van der Waals surface area contributed by atoms with E-state index < -0.39 is 6.03 Å². The highest BCUT2D eigenvalue weighted by molar-refractivity contribution is 6.31. The first kappa shape index (κ1) is 22.9. The van der Waals surface area contributed by atoms with Crippen LogP contribution in [0.5, 0.6) is 0 Å². The Balaban J connectivity index is 1.26. The van der Waals surface area contributed by atoms with Crippen molar-refractivity contribution in [3.8, 4) is 22.5 Å². The van der Waals surface area contributed by atoms with E-state index in [1.807, 2.05) is 12.1 Å². The fraction of sp³-hybridized carbons (Fsp3) is 0.0417. The average Bonchev–Trinajstić information content (AvgIpc) is 3.36. The van der Waals surface area contributed by atoms with Crippen molar-refractivity contribution in [3.05, 3.63) is 89.9 Å². The van der Waals surface area contributed by atoms with E-state index in [4.69, 9.17) is 17.3 Å². The number of aromatic nitrogens is 7. The highest BCUT2D eigenvalue weighted by atomic mass is 35.5. The SMILES string of the molecule is Nc1ncc(-c2ccnc(NC(=O)Nc3ccc(Cl)c(Cc4nc(-c5ccncc5)n[nH]4)c3)c2)cn1. The van der Waals surface area contributed by atoms with E-state index in [-0.39, 0.29) is 5.95 Å². The number of benzene rings is 1. The molecule has 0 aliphatic carbocycles. The fourth-order valence-electron chi connectivity index (χ4n) is 3.42. The zero-order chi connectivity index (χ0) is 24.9. The van der Waals surface area contributed by atoms with Gasteiger partial charge in [-0.15, -0.1) is 0 Å². The molecule has 1 aromatic carbocycles. The summed E-state index contributed by atoms with van der Waals surface area (Å²) in [5.41, 5.74) is 9.26. The molecule has 0 aliphatic heterocycles. The number of carbonyl (C=O) groups excluding carboxylic acids is 1. The van der Waals surface area contributed by atoms with E-state index in [1.165, 1.54) is 0 Å². The smallest absolute Gasteiger partial charge is 0.324 e. The van der Waals surface area contributed by atoms with Crippen molar-refractivity contribution in [1.29, 1.82) is 0 Å². The van der Waals surface area contributed by atoms with Gasteiger partial charge in [-0.2, -0.15) is 5.10 Å². The Labute approximate surface area is 210 Å². The van der Waals surface area contributed by atoms with Gasteiger partial charge >= 0.3 is 6.03 Å². The minimum atomic E-state index is -0.457. The molecule has 4 aromatic heterocycles. The summed E-state index contributed by atoms with van der Waals surface area (Å²) in [5, 5.41) is 13.3. The Morgan fingerprint density at radius 2 is 1.69 bits per heavy atom. The number of anilines is 3. The largest absolute Gasteiger partial charge is 0.368 e. The highest BCUT2D eigenvalue weighted by Crippen LogP contribution is 2.24. The third-order valence-electron chi connectivity index (χ3n) is 5.14. The number of carbonyl (C=O) groups is 1. The molecule has 4 heterocycles. The van der Waals surface area contributed by atoms with Crippen LogP contribution in [-0.2, 0) is 6.42 Å². The lowest BCUT2D eigenvalue weighted by molar-refractivity contribution is 0.262. The van der Waals surface area contributed by atoms with Crippen LogP contribution in [0.3, 0.4) is 0 Å². The van der Waals surface area contributed by atoms with Crippen molar-refractivity contribution in [2.75, 3.05) is 16.4 Å². The van der Waals surface area contributed by atoms with Crippen molar-refractivity contribution < 1.29 is 4.79 Å². The predicted molar refractivity (Wildman–Crippen MR) is 136 cm³/mol. The first-order chi connectivity index (χ1) is 17.5. The second kappa shape index (κ2) is 10.2. The molecule has 2 amide bonds. The second-order valence-corrected chi connectivity index (χ2v) is 8.07. The van der Waals surface area contributed by atoms with Crippen molar-refractivity contribution in [2.24, 2.45) is 0 Å². The van der Waals surface area contributed by atoms with Crippen LogP contribution in [0.2, 0.25) is 5.02 Å². The van der Waals surface area contributed by atoms with Gasteiger partial charge in [0.2, 0.25) is 5.95 Å². The fourth-order valence-corrected chi connectivity index (χ4v) is 3.60. The number of H-pyrrole nitrogens is 1. The molecule has 0 radical (unpaired) electrons. The number of nitrogens with two attached hydrogens (primary N) is 1. The van der Waals surface area contributed by atoms with E-state index in [9.17, 15) is 4.79 Å². The lowest BCUT2D eigenvalue weighted by atomic mass is 10.1. The monoisotopic (exact) mass is 498 g/mol. The summed E-state index contributed by atoms with van der Waals surface area (Å²) in [6.07, 6.45) is 8.55. The quantitative estimate of drug-likeness (QED) is 0.271. The lowest BCUT2D eigenvalue weighted by Crippen LogP contribution is -2.20. The van der Waals surface area contributed by atoms with Crippen LogP contribution in [0, 0.1) is 0 Å². The molecule has 36 heavy (non-hydrogen) atoms. The maximum absolute atomic E-state index is 12.6. The molecule has 0 saturated heterocycles. The lowest BCUT2D eigenvalue weighted by Gasteiger charge is -2.10. The predicted octanol–water partition coefficient (Wildman–Crippen LogP) is 4.19. The van der Waals surface area contributed by atoms with Crippen molar-refractivity contribution in [3.63, 3.8) is 0 Å².